The van der Waals surface area contributed by atoms with Gasteiger partial charge in [-0.05, 0) is 26.3 Å². The fraction of sp³-hybridized carbons (Fsp3) is 0.400. The number of hydrogen-bond acceptors (Lipinski definition) is 3. The second-order valence-electron chi connectivity index (χ2n) is 5.29. The van der Waals surface area contributed by atoms with E-state index in [0.717, 1.165) is 16.6 Å². The summed E-state index contributed by atoms with van der Waals surface area (Å²) in [5, 5.41) is 5.64. The maximum atomic E-state index is 11.7. The van der Waals surface area contributed by atoms with Gasteiger partial charge in [-0.2, -0.15) is 5.10 Å². The number of fused-ring (bicyclic) bond motifs is 1. The van der Waals surface area contributed by atoms with Gasteiger partial charge in [0, 0.05) is 18.5 Å². The summed E-state index contributed by atoms with van der Waals surface area (Å²) in [6, 6.07) is 8.05. The minimum absolute atomic E-state index is 0.0171. The fourth-order valence-corrected chi connectivity index (χ4v) is 3.50. The van der Waals surface area contributed by atoms with E-state index in [0.29, 0.717) is 25.1 Å². The van der Waals surface area contributed by atoms with Gasteiger partial charge in [-0.25, -0.2) is 13.1 Å². The summed E-state index contributed by atoms with van der Waals surface area (Å²) in [4.78, 5) is 0. The lowest BCUT2D eigenvalue weighted by molar-refractivity contribution is 0.560. The van der Waals surface area contributed by atoms with Gasteiger partial charge in [-0.3, -0.25) is 4.68 Å². The molecule has 2 rings (SSSR count). The van der Waals surface area contributed by atoms with Gasteiger partial charge in [-0.15, -0.1) is 0 Å². The second kappa shape index (κ2) is 6.41. The van der Waals surface area contributed by atoms with Crippen molar-refractivity contribution < 1.29 is 8.42 Å². The van der Waals surface area contributed by atoms with Crippen LogP contribution in [0.25, 0.3) is 10.9 Å². The minimum Gasteiger partial charge on any atom is -0.265 e. The Morgan fingerprint density at radius 1 is 1.38 bits per heavy atom. The SMILES string of the molecule is C=C(C)CS(=O)(=O)NCCCn1nc(C)c2ccccc21. The number of hydrogen-bond donors (Lipinski definition) is 1. The smallest absolute Gasteiger partial charge is 0.215 e. The number of para-hydroxylation sites is 1. The van der Waals surface area contributed by atoms with Crippen LogP contribution >= 0.6 is 0 Å². The maximum absolute atomic E-state index is 11.7. The lowest BCUT2D eigenvalue weighted by Crippen LogP contribution is -2.28. The van der Waals surface area contributed by atoms with E-state index >= 15 is 0 Å². The van der Waals surface area contributed by atoms with E-state index in [4.69, 9.17) is 0 Å². The summed E-state index contributed by atoms with van der Waals surface area (Å²) < 4.78 is 27.9. The van der Waals surface area contributed by atoms with E-state index < -0.39 is 10.0 Å². The molecule has 6 heteroatoms. The molecule has 0 aliphatic carbocycles. The molecule has 0 aliphatic heterocycles. The number of nitrogens with zero attached hydrogens (tertiary/aromatic N) is 2. The Kier molecular flexibility index (Phi) is 4.80. The predicted molar refractivity (Wildman–Crippen MR) is 85.7 cm³/mol. The number of aromatic nitrogens is 2. The van der Waals surface area contributed by atoms with Crippen LogP contribution in [0.5, 0.6) is 0 Å². The zero-order chi connectivity index (χ0) is 15.5. The Hall–Kier alpha value is -1.66. The van der Waals surface area contributed by atoms with E-state index in [-0.39, 0.29) is 5.75 Å². The Morgan fingerprint density at radius 2 is 2.10 bits per heavy atom. The third kappa shape index (κ3) is 4.15. The third-order valence-corrected chi connectivity index (χ3v) is 4.66. The van der Waals surface area contributed by atoms with Crippen LogP contribution < -0.4 is 4.72 Å². The van der Waals surface area contributed by atoms with Crippen LogP contribution in [0.2, 0.25) is 0 Å². The molecule has 1 aromatic carbocycles. The average molecular weight is 307 g/mol. The fourth-order valence-electron chi connectivity index (χ4n) is 2.30. The van der Waals surface area contributed by atoms with Crippen molar-refractivity contribution in [1.82, 2.24) is 14.5 Å². The molecule has 0 bridgehead atoms. The van der Waals surface area contributed by atoms with Gasteiger partial charge in [0.25, 0.3) is 0 Å². The van der Waals surface area contributed by atoms with Crippen LogP contribution in [0.15, 0.2) is 36.4 Å². The molecule has 1 aromatic heterocycles. The summed E-state index contributed by atoms with van der Waals surface area (Å²) in [5.74, 6) is -0.0171. The number of rotatable bonds is 7. The van der Waals surface area contributed by atoms with Crippen LogP contribution in [-0.4, -0.2) is 30.5 Å². The van der Waals surface area contributed by atoms with Crippen molar-refractivity contribution in [3.63, 3.8) is 0 Å². The summed E-state index contributed by atoms with van der Waals surface area (Å²) >= 11 is 0. The van der Waals surface area contributed by atoms with Gasteiger partial charge in [0.05, 0.1) is 17.0 Å². The monoisotopic (exact) mass is 307 g/mol. The predicted octanol–water partition coefficient (Wildman–Crippen LogP) is 2.23. The van der Waals surface area contributed by atoms with Crippen molar-refractivity contribution in [2.24, 2.45) is 0 Å². The zero-order valence-corrected chi connectivity index (χ0v) is 13.3. The molecule has 21 heavy (non-hydrogen) atoms. The highest BCUT2D eigenvalue weighted by Crippen LogP contribution is 2.17. The summed E-state index contributed by atoms with van der Waals surface area (Å²) in [5.41, 5.74) is 2.71. The summed E-state index contributed by atoms with van der Waals surface area (Å²) in [6.45, 7) is 8.40. The second-order valence-corrected chi connectivity index (χ2v) is 7.10. The minimum atomic E-state index is -3.25. The standard InChI is InChI=1S/C15H21N3O2S/c1-12(2)11-21(19,20)16-9-6-10-18-15-8-5-4-7-14(15)13(3)17-18/h4-5,7-8,16H,1,6,9-11H2,2-3H3. The largest absolute Gasteiger partial charge is 0.265 e. The van der Waals surface area contributed by atoms with Crippen molar-refractivity contribution in [1.29, 1.82) is 0 Å². The van der Waals surface area contributed by atoms with Gasteiger partial charge in [0.15, 0.2) is 0 Å². The van der Waals surface area contributed by atoms with Crippen LogP contribution in [0, 0.1) is 6.92 Å². The molecule has 0 atom stereocenters. The molecule has 114 valence electrons. The van der Waals surface area contributed by atoms with Crippen molar-refractivity contribution in [2.45, 2.75) is 26.8 Å². The van der Waals surface area contributed by atoms with Crippen molar-refractivity contribution in [3.05, 3.63) is 42.1 Å². The molecular weight excluding hydrogens is 286 g/mol. The first-order valence-corrected chi connectivity index (χ1v) is 8.58. The van der Waals surface area contributed by atoms with E-state index in [1.54, 1.807) is 6.92 Å². The number of aryl methyl sites for hydroxylation is 2. The first kappa shape index (κ1) is 15.7. The first-order valence-electron chi connectivity index (χ1n) is 6.93. The van der Waals surface area contributed by atoms with Gasteiger partial charge < -0.3 is 0 Å². The van der Waals surface area contributed by atoms with E-state index in [2.05, 4.69) is 16.4 Å². The molecule has 1 N–H and O–H groups in total. The molecule has 0 saturated heterocycles. The molecule has 0 radical (unpaired) electrons. The molecule has 0 saturated carbocycles. The Bertz CT molecular complexity index is 747. The van der Waals surface area contributed by atoms with Crippen molar-refractivity contribution in [2.75, 3.05) is 12.3 Å². The highest BCUT2D eigenvalue weighted by molar-refractivity contribution is 7.89. The number of sulfonamides is 1. The molecule has 0 amide bonds. The van der Waals surface area contributed by atoms with Crippen molar-refractivity contribution >= 4 is 20.9 Å². The molecule has 0 unspecified atom stereocenters. The maximum Gasteiger partial charge on any atom is 0.215 e. The van der Waals surface area contributed by atoms with Crippen LogP contribution in [0.3, 0.4) is 0 Å². The zero-order valence-electron chi connectivity index (χ0n) is 12.5. The van der Waals surface area contributed by atoms with Crippen LogP contribution in [0.1, 0.15) is 19.0 Å². The van der Waals surface area contributed by atoms with Gasteiger partial charge >= 0.3 is 0 Å². The first-order chi connectivity index (χ1) is 9.89. The lowest BCUT2D eigenvalue weighted by atomic mass is 10.2. The lowest BCUT2D eigenvalue weighted by Gasteiger charge is -2.07. The average Bonchev–Trinajstić information content (AvgIpc) is 2.71. The molecule has 2 aromatic rings. The Morgan fingerprint density at radius 3 is 2.81 bits per heavy atom. The summed E-state index contributed by atoms with van der Waals surface area (Å²) in [7, 11) is -3.25. The van der Waals surface area contributed by atoms with Crippen LogP contribution in [0.4, 0.5) is 0 Å². The van der Waals surface area contributed by atoms with Gasteiger partial charge in [0.1, 0.15) is 0 Å². The Balaban J connectivity index is 1.93. The molecule has 0 aliphatic rings. The van der Waals surface area contributed by atoms with Gasteiger partial charge in [0.2, 0.25) is 10.0 Å². The molecule has 1 heterocycles. The molecule has 0 fully saturated rings. The highest BCUT2D eigenvalue weighted by atomic mass is 32.2. The van der Waals surface area contributed by atoms with E-state index in [9.17, 15) is 8.42 Å². The number of benzene rings is 1. The quantitative estimate of drug-likeness (QED) is 0.630. The highest BCUT2D eigenvalue weighted by Gasteiger charge is 2.10. The summed E-state index contributed by atoms with van der Waals surface area (Å²) in [6.07, 6.45) is 0.695. The van der Waals surface area contributed by atoms with E-state index in [1.165, 1.54) is 0 Å². The Labute approximate surface area is 125 Å². The van der Waals surface area contributed by atoms with Crippen molar-refractivity contribution in [3.8, 4) is 0 Å². The van der Waals surface area contributed by atoms with Crippen LogP contribution in [-0.2, 0) is 16.6 Å². The normalized spacial score (nSPS) is 11.9. The third-order valence-electron chi connectivity index (χ3n) is 3.15. The van der Waals surface area contributed by atoms with Gasteiger partial charge in [-0.1, -0.05) is 30.4 Å². The van der Waals surface area contributed by atoms with E-state index in [1.807, 2.05) is 35.9 Å². The number of nitrogens with one attached hydrogen (secondary N) is 1. The molecule has 0 spiro atoms. The topological polar surface area (TPSA) is 64.0 Å². The molecule has 5 nitrogen and oxygen atoms in total. The molecular formula is C15H21N3O2S.